The van der Waals surface area contributed by atoms with Gasteiger partial charge in [0.2, 0.25) is 0 Å². The van der Waals surface area contributed by atoms with E-state index in [-0.39, 0.29) is 17.9 Å². The number of carbonyl (C=O) groups is 3. The topological polar surface area (TPSA) is 87.7 Å². The molecule has 0 spiro atoms. The van der Waals surface area contributed by atoms with Crippen LogP contribution in [0.1, 0.15) is 42.0 Å². The zero-order valence-electron chi connectivity index (χ0n) is 20.0. The summed E-state index contributed by atoms with van der Waals surface area (Å²) in [6, 6.07) is 11.5. The second kappa shape index (κ2) is 10.5. The average molecular weight is 452 g/mol. The van der Waals surface area contributed by atoms with E-state index in [0.717, 1.165) is 33.6 Å². The molecule has 1 saturated heterocycles. The van der Waals surface area contributed by atoms with Crippen molar-refractivity contribution in [1.82, 2.24) is 4.90 Å². The number of hydrogen-bond acceptors (Lipinski definition) is 4. The van der Waals surface area contributed by atoms with Crippen molar-refractivity contribution in [3.8, 4) is 0 Å². The van der Waals surface area contributed by atoms with Gasteiger partial charge in [0.05, 0.1) is 5.92 Å². The fraction of sp³-hybridized carbons (Fsp3) is 0.423. The number of aryl methyl sites for hydroxylation is 4. The Kier molecular flexibility index (Phi) is 7.74. The van der Waals surface area contributed by atoms with Crippen LogP contribution in [0.4, 0.5) is 16.2 Å². The van der Waals surface area contributed by atoms with Crippen LogP contribution in [0.15, 0.2) is 36.4 Å². The fourth-order valence-corrected chi connectivity index (χ4v) is 4.17. The molecule has 0 radical (unpaired) electrons. The average Bonchev–Trinajstić information content (AvgIpc) is 2.76. The van der Waals surface area contributed by atoms with Crippen molar-refractivity contribution in [2.24, 2.45) is 5.92 Å². The molecule has 2 N–H and O–H groups in total. The number of nitrogens with one attached hydrogen (secondary N) is 2. The lowest BCUT2D eigenvalue weighted by molar-refractivity contribution is -0.158. The van der Waals surface area contributed by atoms with Crippen molar-refractivity contribution >= 4 is 29.3 Å². The Labute approximate surface area is 195 Å². The van der Waals surface area contributed by atoms with Gasteiger partial charge >= 0.3 is 12.0 Å². The van der Waals surface area contributed by atoms with Crippen molar-refractivity contribution in [3.63, 3.8) is 0 Å². The van der Waals surface area contributed by atoms with E-state index < -0.39 is 12.1 Å². The van der Waals surface area contributed by atoms with Crippen molar-refractivity contribution in [3.05, 3.63) is 58.7 Å². The summed E-state index contributed by atoms with van der Waals surface area (Å²) in [5, 5.41) is 5.78. The van der Waals surface area contributed by atoms with Crippen molar-refractivity contribution in [2.45, 2.75) is 53.6 Å². The molecule has 0 bridgehead atoms. The molecule has 1 heterocycles. The molecule has 3 rings (SSSR count). The molecular formula is C26H33N3O4. The van der Waals surface area contributed by atoms with E-state index in [2.05, 4.69) is 10.6 Å². The van der Waals surface area contributed by atoms with E-state index in [1.54, 1.807) is 11.8 Å². The molecule has 1 aliphatic heterocycles. The van der Waals surface area contributed by atoms with Crippen LogP contribution in [0, 0.1) is 33.6 Å². The minimum atomic E-state index is -0.903. The maximum absolute atomic E-state index is 12.6. The van der Waals surface area contributed by atoms with Gasteiger partial charge in [-0.2, -0.15) is 0 Å². The Morgan fingerprint density at radius 2 is 1.58 bits per heavy atom. The van der Waals surface area contributed by atoms with E-state index in [0.29, 0.717) is 25.9 Å². The minimum absolute atomic E-state index is 0.177. The lowest BCUT2D eigenvalue weighted by atomic mass is 9.97. The summed E-state index contributed by atoms with van der Waals surface area (Å²) in [7, 11) is 0. The van der Waals surface area contributed by atoms with Crippen molar-refractivity contribution in [1.29, 1.82) is 0 Å². The molecule has 176 valence electrons. The predicted molar refractivity (Wildman–Crippen MR) is 129 cm³/mol. The zero-order chi connectivity index (χ0) is 24.1. The van der Waals surface area contributed by atoms with Crippen LogP contribution in [-0.4, -0.2) is 42.0 Å². The fourth-order valence-electron chi connectivity index (χ4n) is 4.17. The largest absolute Gasteiger partial charge is 0.452 e. The third kappa shape index (κ3) is 6.34. The zero-order valence-corrected chi connectivity index (χ0v) is 20.0. The number of ether oxygens (including phenoxy) is 1. The molecule has 33 heavy (non-hydrogen) atoms. The lowest BCUT2D eigenvalue weighted by Gasteiger charge is -2.31. The van der Waals surface area contributed by atoms with Gasteiger partial charge in [-0.1, -0.05) is 29.8 Å². The number of benzene rings is 2. The van der Waals surface area contributed by atoms with Crippen LogP contribution in [-0.2, 0) is 14.3 Å². The van der Waals surface area contributed by atoms with Crippen LogP contribution in [0.5, 0.6) is 0 Å². The number of rotatable bonds is 5. The Morgan fingerprint density at radius 1 is 0.939 bits per heavy atom. The first kappa shape index (κ1) is 24.3. The second-order valence-electron chi connectivity index (χ2n) is 8.90. The molecular weight excluding hydrogens is 418 g/mol. The van der Waals surface area contributed by atoms with Gasteiger partial charge in [0, 0.05) is 24.5 Å². The Hall–Kier alpha value is -3.35. The highest BCUT2D eigenvalue weighted by atomic mass is 16.5. The Morgan fingerprint density at radius 3 is 2.18 bits per heavy atom. The first-order chi connectivity index (χ1) is 15.6. The molecule has 7 heteroatoms. The van der Waals surface area contributed by atoms with Crippen LogP contribution < -0.4 is 10.6 Å². The third-order valence-corrected chi connectivity index (χ3v) is 5.97. The van der Waals surface area contributed by atoms with Crippen LogP contribution in [0.2, 0.25) is 0 Å². The van der Waals surface area contributed by atoms with Gasteiger partial charge in [-0.25, -0.2) is 4.79 Å². The highest BCUT2D eigenvalue weighted by molar-refractivity contribution is 5.96. The monoisotopic (exact) mass is 451 g/mol. The Bertz CT molecular complexity index is 1020. The highest BCUT2D eigenvalue weighted by Gasteiger charge is 2.30. The number of carbonyl (C=O) groups excluding carboxylic acids is 3. The molecule has 2 aromatic rings. The minimum Gasteiger partial charge on any atom is -0.452 e. The first-order valence-electron chi connectivity index (χ1n) is 11.4. The summed E-state index contributed by atoms with van der Waals surface area (Å²) in [4.78, 5) is 39.5. The molecule has 3 amide bonds. The number of urea groups is 1. The van der Waals surface area contributed by atoms with E-state index >= 15 is 0 Å². The highest BCUT2D eigenvalue weighted by Crippen LogP contribution is 2.23. The number of anilines is 2. The normalized spacial score (nSPS) is 15.0. The number of likely N-dealkylation sites (tertiary alicyclic amines) is 1. The molecule has 1 aliphatic rings. The summed E-state index contributed by atoms with van der Waals surface area (Å²) in [6.45, 7) is 10.4. The number of hydrogen-bond donors (Lipinski definition) is 2. The van der Waals surface area contributed by atoms with Gasteiger partial charge in [-0.15, -0.1) is 0 Å². The smallest absolute Gasteiger partial charge is 0.321 e. The summed E-state index contributed by atoms with van der Waals surface area (Å²) < 4.78 is 5.46. The molecule has 0 saturated carbocycles. The third-order valence-electron chi connectivity index (χ3n) is 5.97. The molecule has 0 unspecified atom stereocenters. The SMILES string of the molecule is Cc1cccc(NC(=O)N2CCC(C(=O)O[C@@H](C)C(=O)Nc3c(C)cc(C)cc3C)CC2)c1. The molecule has 0 aliphatic carbocycles. The van der Waals surface area contributed by atoms with Crippen molar-refractivity contribution < 1.29 is 19.1 Å². The van der Waals surface area contributed by atoms with Gasteiger partial charge in [0.1, 0.15) is 0 Å². The predicted octanol–water partition coefficient (Wildman–Crippen LogP) is 4.73. The number of piperidine rings is 1. The Balaban J connectivity index is 1.48. The maximum Gasteiger partial charge on any atom is 0.321 e. The van der Waals surface area contributed by atoms with Crippen molar-refractivity contribution in [2.75, 3.05) is 23.7 Å². The van der Waals surface area contributed by atoms with Gasteiger partial charge in [0.15, 0.2) is 6.10 Å². The van der Waals surface area contributed by atoms with Gasteiger partial charge in [-0.05, 0) is 76.3 Å². The van der Waals surface area contributed by atoms with Gasteiger partial charge in [-0.3, -0.25) is 9.59 Å². The lowest BCUT2D eigenvalue weighted by Crippen LogP contribution is -2.43. The second-order valence-corrected chi connectivity index (χ2v) is 8.90. The van der Waals surface area contributed by atoms with E-state index in [4.69, 9.17) is 4.74 Å². The van der Waals surface area contributed by atoms with Crippen LogP contribution in [0.25, 0.3) is 0 Å². The van der Waals surface area contributed by atoms with E-state index in [1.807, 2.05) is 64.1 Å². The van der Waals surface area contributed by atoms with E-state index in [9.17, 15) is 14.4 Å². The van der Waals surface area contributed by atoms with E-state index in [1.165, 1.54) is 0 Å². The summed E-state index contributed by atoms with van der Waals surface area (Å²) >= 11 is 0. The molecule has 1 fully saturated rings. The maximum atomic E-state index is 12.6. The van der Waals surface area contributed by atoms with Gasteiger partial charge < -0.3 is 20.3 Å². The molecule has 2 aromatic carbocycles. The quantitative estimate of drug-likeness (QED) is 0.643. The van der Waals surface area contributed by atoms with Crippen LogP contribution in [0.3, 0.4) is 0 Å². The molecule has 0 aromatic heterocycles. The standard InChI is InChI=1S/C26H33N3O4/c1-16-7-6-8-22(15-16)27-26(32)29-11-9-21(10-12-29)25(31)33-20(5)24(30)28-23-18(3)13-17(2)14-19(23)4/h6-8,13-15,20-21H,9-12H2,1-5H3,(H,27,32)(H,28,30)/t20-/m0/s1. The number of nitrogens with zero attached hydrogens (tertiary/aromatic N) is 1. The first-order valence-corrected chi connectivity index (χ1v) is 11.4. The number of amides is 3. The van der Waals surface area contributed by atoms with Crippen LogP contribution >= 0.6 is 0 Å². The van der Waals surface area contributed by atoms with Gasteiger partial charge in [0.25, 0.3) is 5.91 Å². The number of esters is 1. The summed E-state index contributed by atoms with van der Waals surface area (Å²) in [5.74, 6) is -1.08. The summed E-state index contributed by atoms with van der Waals surface area (Å²) in [5.41, 5.74) is 5.63. The summed E-state index contributed by atoms with van der Waals surface area (Å²) in [6.07, 6.45) is 0.107. The molecule has 7 nitrogen and oxygen atoms in total. The molecule has 1 atom stereocenters.